The second-order valence-electron chi connectivity index (χ2n) is 3.49. The van der Waals surface area contributed by atoms with Crippen molar-refractivity contribution in [2.75, 3.05) is 32.1 Å². The molecule has 0 amide bonds. The molecule has 0 aliphatic carbocycles. The lowest BCUT2D eigenvalue weighted by atomic mass is 10.2. The van der Waals surface area contributed by atoms with Gasteiger partial charge in [0.25, 0.3) is 0 Å². The summed E-state index contributed by atoms with van der Waals surface area (Å²) in [6, 6.07) is 0. The molecule has 4 heteroatoms. The second kappa shape index (κ2) is 8.53. The topological polar surface area (TPSA) is 30.5 Å². The minimum atomic E-state index is 0.0635. The van der Waals surface area contributed by atoms with E-state index in [0.717, 1.165) is 44.9 Å². The molecule has 0 bridgehead atoms. The fourth-order valence-electron chi connectivity index (χ4n) is 1.46. The van der Waals surface area contributed by atoms with Gasteiger partial charge in [0, 0.05) is 18.9 Å². The minimum absolute atomic E-state index is 0.0635. The highest BCUT2D eigenvalue weighted by Gasteiger charge is 2.12. The van der Waals surface area contributed by atoms with Crippen molar-refractivity contribution >= 4 is 12.6 Å². The van der Waals surface area contributed by atoms with Gasteiger partial charge in [-0.05, 0) is 32.2 Å². The van der Waals surface area contributed by atoms with E-state index in [4.69, 9.17) is 9.47 Å². The van der Waals surface area contributed by atoms with E-state index in [0.29, 0.717) is 0 Å². The van der Waals surface area contributed by atoms with Gasteiger partial charge in [-0.15, -0.1) is 0 Å². The first kappa shape index (κ1) is 12.3. The molecule has 1 aliphatic heterocycles. The zero-order valence-corrected chi connectivity index (χ0v) is 9.60. The third-order valence-corrected chi connectivity index (χ3v) is 2.45. The van der Waals surface area contributed by atoms with Crippen molar-refractivity contribution in [1.82, 2.24) is 5.32 Å². The maximum Gasteiger partial charge on any atom is 0.157 e. The van der Waals surface area contributed by atoms with Gasteiger partial charge in [-0.25, -0.2) is 0 Å². The zero-order chi connectivity index (χ0) is 10.1. The molecule has 0 radical (unpaired) electrons. The maximum atomic E-state index is 5.58. The summed E-state index contributed by atoms with van der Waals surface area (Å²) in [6.07, 6.45) is 4.59. The SMILES string of the molecule is SCCNCCCOC1CCCCO1. The Morgan fingerprint density at radius 1 is 1.36 bits per heavy atom. The number of rotatable bonds is 7. The van der Waals surface area contributed by atoms with Gasteiger partial charge in [-0.1, -0.05) is 0 Å². The smallest absolute Gasteiger partial charge is 0.157 e. The summed E-state index contributed by atoms with van der Waals surface area (Å²) in [5, 5.41) is 3.28. The van der Waals surface area contributed by atoms with Gasteiger partial charge in [0.2, 0.25) is 0 Å². The number of ether oxygens (including phenoxy) is 2. The third kappa shape index (κ3) is 5.86. The second-order valence-corrected chi connectivity index (χ2v) is 3.94. The van der Waals surface area contributed by atoms with Crippen LogP contribution in [-0.2, 0) is 9.47 Å². The summed E-state index contributed by atoms with van der Waals surface area (Å²) >= 11 is 4.12. The van der Waals surface area contributed by atoms with E-state index in [-0.39, 0.29) is 6.29 Å². The van der Waals surface area contributed by atoms with E-state index >= 15 is 0 Å². The zero-order valence-electron chi connectivity index (χ0n) is 8.71. The molecule has 1 atom stereocenters. The van der Waals surface area contributed by atoms with Gasteiger partial charge in [0.05, 0.1) is 6.61 Å². The summed E-state index contributed by atoms with van der Waals surface area (Å²) < 4.78 is 11.0. The maximum absolute atomic E-state index is 5.58. The molecule has 14 heavy (non-hydrogen) atoms. The van der Waals surface area contributed by atoms with E-state index in [1.54, 1.807) is 0 Å². The molecule has 1 heterocycles. The molecular formula is C10H21NO2S. The average molecular weight is 219 g/mol. The van der Waals surface area contributed by atoms with Crippen molar-refractivity contribution in [3.63, 3.8) is 0 Å². The van der Waals surface area contributed by atoms with Crippen LogP contribution in [0.5, 0.6) is 0 Å². The van der Waals surface area contributed by atoms with Crippen molar-refractivity contribution in [1.29, 1.82) is 0 Å². The van der Waals surface area contributed by atoms with Crippen LogP contribution in [0, 0.1) is 0 Å². The average Bonchev–Trinajstić information content (AvgIpc) is 2.25. The molecule has 0 aromatic heterocycles. The highest BCUT2D eigenvalue weighted by molar-refractivity contribution is 7.80. The van der Waals surface area contributed by atoms with Crippen LogP contribution in [0.3, 0.4) is 0 Å². The summed E-state index contributed by atoms with van der Waals surface area (Å²) in [6.45, 7) is 3.64. The first-order valence-corrected chi connectivity index (χ1v) is 6.11. The van der Waals surface area contributed by atoms with Crippen LogP contribution >= 0.6 is 12.6 Å². The van der Waals surface area contributed by atoms with Crippen molar-refractivity contribution in [3.8, 4) is 0 Å². The van der Waals surface area contributed by atoms with Crippen LogP contribution in [0.25, 0.3) is 0 Å². The van der Waals surface area contributed by atoms with Crippen LogP contribution in [0.1, 0.15) is 25.7 Å². The van der Waals surface area contributed by atoms with Crippen LogP contribution in [0.15, 0.2) is 0 Å². The largest absolute Gasteiger partial charge is 0.353 e. The van der Waals surface area contributed by atoms with Crippen LogP contribution in [0.4, 0.5) is 0 Å². The quantitative estimate of drug-likeness (QED) is 0.502. The minimum Gasteiger partial charge on any atom is -0.353 e. The molecule has 1 aliphatic rings. The summed E-state index contributed by atoms with van der Waals surface area (Å²) in [5.74, 6) is 0.895. The Morgan fingerprint density at radius 2 is 2.29 bits per heavy atom. The Labute approximate surface area is 91.9 Å². The molecule has 0 aromatic carbocycles. The van der Waals surface area contributed by atoms with Crippen LogP contribution in [0.2, 0.25) is 0 Å². The Balaban J connectivity index is 1.82. The molecular weight excluding hydrogens is 198 g/mol. The molecule has 0 saturated carbocycles. The molecule has 1 unspecified atom stereocenters. The molecule has 0 aromatic rings. The number of hydrogen-bond acceptors (Lipinski definition) is 4. The predicted octanol–water partition coefficient (Wildman–Crippen LogP) is 1.44. The van der Waals surface area contributed by atoms with Crippen molar-refractivity contribution < 1.29 is 9.47 Å². The molecule has 3 nitrogen and oxygen atoms in total. The van der Waals surface area contributed by atoms with E-state index in [9.17, 15) is 0 Å². The first-order chi connectivity index (χ1) is 6.93. The number of nitrogens with one attached hydrogen (secondary N) is 1. The van der Waals surface area contributed by atoms with Crippen molar-refractivity contribution in [3.05, 3.63) is 0 Å². The highest BCUT2D eigenvalue weighted by Crippen LogP contribution is 2.13. The Hall–Kier alpha value is 0.230. The lowest BCUT2D eigenvalue weighted by Gasteiger charge is -2.22. The molecule has 1 saturated heterocycles. The fraction of sp³-hybridized carbons (Fsp3) is 1.00. The molecule has 1 fully saturated rings. The van der Waals surface area contributed by atoms with Crippen LogP contribution < -0.4 is 5.32 Å². The Kier molecular flexibility index (Phi) is 7.50. The normalized spacial score (nSPS) is 22.5. The summed E-state index contributed by atoms with van der Waals surface area (Å²) in [7, 11) is 0. The first-order valence-electron chi connectivity index (χ1n) is 5.48. The van der Waals surface area contributed by atoms with Crippen molar-refractivity contribution in [2.24, 2.45) is 0 Å². The van der Waals surface area contributed by atoms with E-state index in [1.807, 2.05) is 0 Å². The van der Waals surface area contributed by atoms with Gasteiger partial charge in [0.15, 0.2) is 6.29 Å². The summed E-state index contributed by atoms with van der Waals surface area (Å²) in [5.41, 5.74) is 0. The Morgan fingerprint density at radius 3 is 3.00 bits per heavy atom. The van der Waals surface area contributed by atoms with Gasteiger partial charge >= 0.3 is 0 Å². The lowest BCUT2D eigenvalue weighted by Crippen LogP contribution is -2.24. The molecule has 1 N–H and O–H groups in total. The van der Waals surface area contributed by atoms with E-state index in [2.05, 4.69) is 17.9 Å². The van der Waals surface area contributed by atoms with Crippen LogP contribution in [-0.4, -0.2) is 38.3 Å². The number of thiol groups is 1. The Bertz CT molecular complexity index is 129. The van der Waals surface area contributed by atoms with E-state index in [1.165, 1.54) is 12.8 Å². The molecule has 0 spiro atoms. The third-order valence-electron chi connectivity index (χ3n) is 2.23. The van der Waals surface area contributed by atoms with Crippen molar-refractivity contribution in [2.45, 2.75) is 32.0 Å². The monoisotopic (exact) mass is 219 g/mol. The molecule has 84 valence electrons. The van der Waals surface area contributed by atoms with Gasteiger partial charge in [0.1, 0.15) is 0 Å². The number of hydrogen-bond donors (Lipinski definition) is 2. The molecule has 1 rings (SSSR count). The standard InChI is InChI=1S/C10H21NO2S/c14-9-6-11-5-3-8-13-10-4-1-2-7-12-10/h10-11,14H,1-9H2. The highest BCUT2D eigenvalue weighted by atomic mass is 32.1. The lowest BCUT2D eigenvalue weighted by molar-refractivity contribution is -0.162. The van der Waals surface area contributed by atoms with E-state index < -0.39 is 0 Å². The predicted molar refractivity (Wildman–Crippen MR) is 60.9 cm³/mol. The van der Waals surface area contributed by atoms with Gasteiger partial charge in [-0.2, -0.15) is 12.6 Å². The fourth-order valence-corrected chi connectivity index (χ4v) is 1.62. The summed E-state index contributed by atoms with van der Waals surface area (Å²) in [4.78, 5) is 0. The van der Waals surface area contributed by atoms with Gasteiger partial charge in [-0.3, -0.25) is 0 Å². The van der Waals surface area contributed by atoms with Gasteiger partial charge < -0.3 is 14.8 Å².